The molecule has 34 heavy (non-hydrogen) atoms. The Hall–Kier alpha value is -3.91. The zero-order valence-electron chi connectivity index (χ0n) is 19.2. The van der Waals surface area contributed by atoms with Crippen LogP contribution in [0.5, 0.6) is 0 Å². The maximum Gasteiger partial charge on any atom is 0.250 e. The zero-order chi connectivity index (χ0) is 23.7. The van der Waals surface area contributed by atoms with Crippen molar-refractivity contribution in [1.29, 1.82) is 0 Å². The Balaban J connectivity index is 1.43. The molecule has 0 aliphatic carbocycles. The van der Waals surface area contributed by atoms with Gasteiger partial charge in [-0.2, -0.15) is 0 Å². The van der Waals surface area contributed by atoms with Gasteiger partial charge in [-0.3, -0.25) is 4.79 Å². The van der Waals surface area contributed by atoms with E-state index in [1.807, 2.05) is 48.7 Å². The molecule has 2 aromatic carbocycles. The quantitative estimate of drug-likeness (QED) is 0.327. The van der Waals surface area contributed by atoms with E-state index < -0.39 is 5.91 Å². The number of nitrogens with zero attached hydrogens (tertiary/aromatic N) is 4. The number of aromatic nitrogens is 4. The summed E-state index contributed by atoms with van der Waals surface area (Å²) < 4.78 is 9.70. The Labute approximate surface area is 197 Å². The van der Waals surface area contributed by atoms with Crippen molar-refractivity contribution in [3.63, 3.8) is 0 Å². The Morgan fingerprint density at radius 1 is 1.00 bits per heavy atom. The van der Waals surface area contributed by atoms with Gasteiger partial charge in [0.2, 0.25) is 0 Å². The number of nitrogen functional groups attached to an aromatic ring is 1. The molecule has 0 radical (unpaired) electrons. The standard InChI is InChI=1S/C26H28N6O2/c1-34-15-12-22-30-23-24(18-9-2-4-10-20(18)29-25(23)27)32(22)14-7-6-13-31-16-19(26(28)33)17-8-3-5-11-21(17)31/h2-5,8-11,16H,6-7,12-15H2,1H3,(H2,27,29)(H2,28,33). The number of unbranched alkanes of at least 4 members (excludes halogenated alkanes) is 1. The predicted molar refractivity (Wildman–Crippen MR) is 135 cm³/mol. The number of ether oxygens (including phenoxy) is 1. The van der Waals surface area contributed by atoms with E-state index in [1.165, 1.54) is 0 Å². The van der Waals surface area contributed by atoms with E-state index in [-0.39, 0.29) is 0 Å². The number of hydrogen-bond acceptors (Lipinski definition) is 5. The number of aryl methyl sites for hydroxylation is 2. The van der Waals surface area contributed by atoms with E-state index in [2.05, 4.69) is 20.2 Å². The number of fused-ring (bicyclic) bond motifs is 4. The van der Waals surface area contributed by atoms with E-state index in [0.29, 0.717) is 24.4 Å². The Morgan fingerprint density at radius 2 is 1.74 bits per heavy atom. The van der Waals surface area contributed by atoms with Gasteiger partial charge < -0.3 is 25.3 Å². The van der Waals surface area contributed by atoms with E-state index >= 15 is 0 Å². The van der Waals surface area contributed by atoms with E-state index in [9.17, 15) is 4.79 Å². The topological polar surface area (TPSA) is 114 Å². The third-order valence-electron chi connectivity index (χ3n) is 6.30. The SMILES string of the molecule is COCCc1nc2c(N)nc3ccccc3c2n1CCCCn1cc(C(N)=O)c2ccccc21. The fourth-order valence-corrected chi connectivity index (χ4v) is 4.71. The van der Waals surface area contributed by atoms with Gasteiger partial charge in [-0.1, -0.05) is 36.4 Å². The van der Waals surface area contributed by atoms with Crippen LogP contribution in [-0.2, 0) is 24.2 Å². The molecular weight excluding hydrogens is 428 g/mol. The van der Waals surface area contributed by atoms with E-state index in [4.69, 9.17) is 21.2 Å². The number of carbonyl (C=O) groups excluding carboxylic acids is 1. The molecule has 0 aliphatic rings. The molecule has 4 N–H and O–H groups in total. The molecule has 1 amide bonds. The second-order valence-corrected chi connectivity index (χ2v) is 8.46. The van der Waals surface area contributed by atoms with Crippen LogP contribution in [0.4, 0.5) is 5.82 Å². The van der Waals surface area contributed by atoms with Gasteiger partial charge in [0.1, 0.15) is 11.3 Å². The highest BCUT2D eigenvalue weighted by molar-refractivity contribution is 6.07. The Kier molecular flexibility index (Phi) is 5.90. The highest BCUT2D eigenvalue weighted by Crippen LogP contribution is 2.29. The number of imidazole rings is 1. The molecule has 0 spiro atoms. The maximum atomic E-state index is 11.9. The number of carbonyl (C=O) groups is 1. The smallest absolute Gasteiger partial charge is 0.250 e. The van der Waals surface area contributed by atoms with Crippen LogP contribution in [0.15, 0.2) is 54.7 Å². The fraction of sp³-hybridized carbons (Fsp3) is 0.269. The first-order valence-electron chi connectivity index (χ1n) is 11.5. The number of pyridine rings is 1. The Bertz CT molecular complexity index is 1500. The number of methoxy groups -OCH3 is 1. The highest BCUT2D eigenvalue weighted by Gasteiger charge is 2.17. The summed E-state index contributed by atoms with van der Waals surface area (Å²) in [4.78, 5) is 21.3. The van der Waals surface area contributed by atoms with Crippen LogP contribution in [0, 0.1) is 0 Å². The van der Waals surface area contributed by atoms with Crippen molar-refractivity contribution >= 4 is 44.6 Å². The number of hydrogen-bond donors (Lipinski definition) is 2. The van der Waals surface area contributed by atoms with Gasteiger partial charge in [-0.25, -0.2) is 9.97 Å². The second kappa shape index (κ2) is 9.15. The van der Waals surface area contributed by atoms with Crippen LogP contribution in [0.2, 0.25) is 0 Å². The van der Waals surface area contributed by atoms with Gasteiger partial charge in [-0.15, -0.1) is 0 Å². The first kappa shape index (κ1) is 21.9. The number of rotatable bonds is 9. The molecule has 5 rings (SSSR count). The largest absolute Gasteiger partial charge is 0.384 e. The summed E-state index contributed by atoms with van der Waals surface area (Å²) in [6.07, 6.45) is 4.42. The molecule has 0 bridgehead atoms. The molecule has 0 saturated heterocycles. The lowest BCUT2D eigenvalue weighted by Gasteiger charge is -2.11. The molecule has 0 aliphatic heterocycles. The van der Waals surface area contributed by atoms with Gasteiger partial charge in [0.05, 0.1) is 23.2 Å². The van der Waals surface area contributed by atoms with E-state index in [0.717, 1.165) is 64.6 Å². The minimum Gasteiger partial charge on any atom is -0.384 e. The summed E-state index contributed by atoms with van der Waals surface area (Å²) in [7, 11) is 1.69. The molecule has 0 fully saturated rings. The van der Waals surface area contributed by atoms with E-state index in [1.54, 1.807) is 7.11 Å². The maximum absolute atomic E-state index is 11.9. The van der Waals surface area contributed by atoms with Gasteiger partial charge in [0.15, 0.2) is 5.82 Å². The molecule has 0 unspecified atom stereocenters. The van der Waals surface area contributed by atoms with Crippen LogP contribution in [0.1, 0.15) is 29.0 Å². The summed E-state index contributed by atoms with van der Waals surface area (Å²) in [6.45, 7) is 2.17. The van der Waals surface area contributed by atoms with Gasteiger partial charge in [0.25, 0.3) is 5.91 Å². The summed E-state index contributed by atoms with van der Waals surface area (Å²) in [6, 6.07) is 15.9. The number of nitrogens with two attached hydrogens (primary N) is 2. The number of para-hydroxylation sites is 2. The van der Waals surface area contributed by atoms with Crippen LogP contribution < -0.4 is 11.5 Å². The van der Waals surface area contributed by atoms with Crippen molar-refractivity contribution in [3.8, 4) is 0 Å². The van der Waals surface area contributed by atoms with Crippen molar-refractivity contribution in [2.45, 2.75) is 32.4 Å². The second-order valence-electron chi connectivity index (χ2n) is 8.46. The number of benzene rings is 2. The normalized spacial score (nSPS) is 11.7. The third-order valence-corrected chi connectivity index (χ3v) is 6.30. The highest BCUT2D eigenvalue weighted by atomic mass is 16.5. The summed E-state index contributed by atoms with van der Waals surface area (Å²) in [5, 5.41) is 1.94. The molecule has 0 atom stereocenters. The third kappa shape index (κ3) is 3.86. The van der Waals surface area contributed by atoms with Gasteiger partial charge in [0, 0.05) is 49.1 Å². The summed E-state index contributed by atoms with van der Waals surface area (Å²) in [5.41, 5.74) is 16.1. The Morgan fingerprint density at radius 3 is 2.53 bits per heavy atom. The van der Waals surface area contributed by atoms with Gasteiger partial charge in [-0.05, 0) is 25.0 Å². The van der Waals surface area contributed by atoms with Crippen molar-refractivity contribution < 1.29 is 9.53 Å². The minimum absolute atomic E-state index is 0.402. The van der Waals surface area contributed by atoms with Crippen molar-refractivity contribution in [2.75, 3.05) is 19.5 Å². The predicted octanol–water partition coefficient (Wildman–Crippen LogP) is 3.89. The van der Waals surface area contributed by atoms with Crippen LogP contribution in [-0.4, -0.2) is 38.7 Å². The lowest BCUT2D eigenvalue weighted by atomic mass is 10.2. The molecule has 5 aromatic rings. The average Bonchev–Trinajstić information content (AvgIpc) is 3.40. The van der Waals surface area contributed by atoms with Crippen LogP contribution >= 0.6 is 0 Å². The molecule has 8 heteroatoms. The fourth-order valence-electron chi connectivity index (χ4n) is 4.71. The monoisotopic (exact) mass is 456 g/mol. The first-order chi connectivity index (χ1) is 16.6. The van der Waals surface area contributed by atoms with Crippen LogP contribution in [0.25, 0.3) is 32.8 Å². The van der Waals surface area contributed by atoms with Crippen molar-refractivity contribution in [2.24, 2.45) is 5.73 Å². The molecule has 0 saturated carbocycles. The summed E-state index contributed by atoms with van der Waals surface area (Å²) >= 11 is 0. The molecule has 8 nitrogen and oxygen atoms in total. The molecule has 3 aromatic heterocycles. The number of anilines is 1. The lowest BCUT2D eigenvalue weighted by molar-refractivity contribution is 0.100. The van der Waals surface area contributed by atoms with Crippen molar-refractivity contribution in [1.82, 2.24) is 19.1 Å². The summed E-state index contributed by atoms with van der Waals surface area (Å²) in [5.74, 6) is 0.994. The number of amides is 1. The molecular formula is C26H28N6O2. The van der Waals surface area contributed by atoms with Gasteiger partial charge >= 0.3 is 0 Å². The lowest BCUT2D eigenvalue weighted by Crippen LogP contribution is -2.10. The average molecular weight is 457 g/mol. The van der Waals surface area contributed by atoms with Crippen molar-refractivity contribution in [3.05, 3.63) is 66.1 Å². The zero-order valence-corrected chi connectivity index (χ0v) is 19.2. The first-order valence-corrected chi connectivity index (χ1v) is 11.5. The number of primary amides is 1. The minimum atomic E-state index is -0.402. The molecule has 3 heterocycles. The molecule has 174 valence electrons. The van der Waals surface area contributed by atoms with Crippen LogP contribution in [0.3, 0.4) is 0 Å².